The molecule has 2 heteroatoms. The summed E-state index contributed by atoms with van der Waals surface area (Å²) in [6, 6.07) is 0.557. The molecule has 0 aromatic rings. The molecule has 0 aromatic carbocycles. The van der Waals surface area contributed by atoms with E-state index in [1.54, 1.807) is 0 Å². The minimum absolute atomic E-state index is 0.557. The van der Waals surface area contributed by atoms with Crippen LogP contribution in [-0.4, -0.2) is 19.1 Å². The van der Waals surface area contributed by atoms with E-state index in [2.05, 4.69) is 5.32 Å². The SMILES string of the molecule is N[C@@H]1C2CNC[C@@H]21. The highest BCUT2D eigenvalue weighted by molar-refractivity contribution is 5.07. The number of hydrogen-bond acceptors (Lipinski definition) is 2. The van der Waals surface area contributed by atoms with Crippen molar-refractivity contribution < 1.29 is 0 Å². The van der Waals surface area contributed by atoms with Gasteiger partial charge in [0.1, 0.15) is 0 Å². The van der Waals surface area contributed by atoms with Gasteiger partial charge in [0.05, 0.1) is 0 Å². The number of rotatable bonds is 0. The minimum atomic E-state index is 0.557. The van der Waals surface area contributed by atoms with Crippen molar-refractivity contribution in [1.29, 1.82) is 0 Å². The van der Waals surface area contributed by atoms with Crippen LogP contribution in [0.5, 0.6) is 0 Å². The van der Waals surface area contributed by atoms with Gasteiger partial charge in [-0.1, -0.05) is 0 Å². The number of nitrogens with one attached hydrogen (secondary N) is 1. The average Bonchev–Trinajstić information content (AvgIpc) is 2.26. The summed E-state index contributed by atoms with van der Waals surface area (Å²) in [5.41, 5.74) is 5.63. The smallest absolute Gasteiger partial charge is 0.0127 e. The van der Waals surface area contributed by atoms with Gasteiger partial charge < -0.3 is 11.1 Å². The Morgan fingerprint density at radius 1 is 1.29 bits per heavy atom. The Bertz CT molecular complexity index is 82.1. The Hall–Kier alpha value is -0.0800. The van der Waals surface area contributed by atoms with E-state index in [-0.39, 0.29) is 0 Å². The van der Waals surface area contributed by atoms with Gasteiger partial charge in [-0.05, 0) is 24.9 Å². The van der Waals surface area contributed by atoms with Gasteiger partial charge in [-0.25, -0.2) is 0 Å². The predicted octanol–water partition coefficient (Wildman–Crippen LogP) is -0.837. The maximum Gasteiger partial charge on any atom is 0.0127 e. The molecule has 2 aliphatic rings. The van der Waals surface area contributed by atoms with Gasteiger partial charge in [0.25, 0.3) is 0 Å². The molecule has 3 atom stereocenters. The van der Waals surface area contributed by atoms with Gasteiger partial charge >= 0.3 is 0 Å². The van der Waals surface area contributed by atoms with Crippen LogP contribution in [0.4, 0.5) is 0 Å². The average molecular weight is 98.1 g/mol. The molecular formula is C5H10N2. The van der Waals surface area contributed by atoms with Crippen molar-refractivity contribution in [3.8, 4) is 0 Å². The molecule has 2 rings (SSSR count). The van der Waals surface area contributed by atoms with Crippen LogP contribution in [0, 0.1) is 11.8 Å². The van der Waals surface area contributed by atoms with Gasteiger partial charge in [-0.15, -0.1) is 0 Å². The minimum Gasteiger partial charge on any atom is -0.327 e. The van der Waals surface area contributed by atoms with E-state index in [9.17, 15) is 0 Å². The lowest BCUT2D eigenvalue weighted by Crippen LogP contribution is -2.21. The van der Waals surface area contributed by atoms with E-state index in [0.29, 0.717) is 6.04 Å². The summed E-state index contributed by atoms with van der Waals surface area (Å²) in [5, 5.41) is 3.27. The number of fused-ring (bicyclic) bond motifs is 1. The third-order valence-corrected chi connectivity index (χ3v) is 2.16. The van der Waals surface area contributed by atoms with E-state index in [1.807, 2.05) is 0 Å². The molecule has 2 nitrogen and oxygen atoms in total. The summed E-state index contributed by atoms with van der Waals surface area (Å²) < 4.78 is 0. The van der Waals surface area contributed by atoms with Crippen LogP contribution >= 0.6 is 0 Å². The summed E-state index contributed by atoms with van der Waals surface area (Å²) >= 11 is 0. The fourth-order valence-electron chi connectivity index (χ4n) is 1.47. The Balaban J connectivity index is 2.06. The molecular weight excluding hydrogens is 88.1 g/mol. The first-order valence-corrected chi connectivity index (χ1v) is 2.86. The monoisotopic (exact) mass is 98.1 g/mol. The molecule has 0 radical (unpaired) electrons. The summed E-state index contributed by atoms with van der Waals surface area (Å²) in [4.78, 5) is 0. The fourth-order valence-corrected chi connectivity index (χ4v) is 1.47. The second kappa shape index (κ2) is 1.01. The van der Waals surface area contributed by atoms with Crippen molar-refractivity contribution in [3.63, 3.8) is 0 Å². The molecule has 2 fully saturated rings. The molecule has 0 amide bonds. The van der Waals surface area contributed by atoms with Crippen molar-refractivity contribution in [1.82, 2.24) is 5.32 Å². The first-order chi connectivity index (χ1) is 3.39. The van der Waals surface area contributed by atoms with Crippen molar-refractivity contribution in [3.05, 3.63) is 0 Å². The molecule has 1 unspecified atom stereocenters. The van der Waals surface area contributed by atoms with Crippen molar-refractivity contribution in [2.45, 2.75) is 6.04 Å². The van der Waals surface area contributed by atoms with Crippen LogP contribution in [0.2, 0.25) is 0 Å². The van der Waals surface area contributed by atoms with Crippen molar-refractivity contribution in [2.75, 3.05) is 13.1 Å². The Morgan fingerprint density at radius 3 is 2.14 bits per heavy atom. The zero-order valence-corrected chi connectivity index (χ0v) is 4.22. The number of nitrogens with two attached hydrogens (primary N) is 1. The van der Waals surface area contributed by atoms with Gasteiger partial charge in [-0.2, -0.15) is 0 Å². The molecule has 0 bridgehead atoms. The molecule has 0 spiro atoms. The molecule has 1 heterocycles. The molecule has 1 aliphatic carbocycles. The van der Waals surface area contributed by atoms with E-state index >= 15 is 0 Å². The Labute approximate surface area is 43.1 Å². The molecule has 1 aliphatic heterocycles. The van der Waals surface area contributed by atoms with Crippen LogP contribution in [0.3, 0.4) is 0 Å². The van der Waals surface area contributed by atoms with Gasteiger partial charge in [0.2, 0.25) is 0 Å². The third-order valence-electron chi connectivity index (χ3n) is 2.16. The lowest BCUT2D eigenvalue weighted by Gasteiger charge is -1.94. The number of hydrogen-bond donors (Lipinski definition) is 2. The topological polar surface area (TPSA) is 38.0 Å². The highest BCUT2D eigenvalue weighted by Gasteiger charge is 2.50. The fraction of sp³-hybridized carbons (Fsp3) is 1.00. The van der Waals surface area contributed by atoms with Crippen LogP contribution in [0.15, 0.2) is 0 Å². The van der Waals surface area contributed by atoms with Gasteiger partial charge in [0, 0.05) is 6.04 Å². The lowest BCUT2D eigenvalue weighted by molar-refractivity contribution is 0.677. The molecule has 1 saturated heterocycles. The first kappa shape index (κ1) is 3.87. The summed E-state index contributed by atoms with van der Waals surface area (Å²) in [7, 11) is 0. The second-order valence-corrected chi connectivity index (χ2v) is 2.56. The van der Waals surface area contributed by atoms with Gasteiger partial charge in [-0.3, -0.25) is 0 Å². The van der Waals surface area contributed by atoms with Crippen LogP contribution in [0.25, 0.3) is 0 Å². The Kier molecular flexibility index (Phi) is 0.557. The summed E-state index contributed by atoms with van der Waals surface area (Å²) in [6.45, 7) is 2.34. The Morgan fingerprint density at radius 2 is 1.86 bits per heavy atom. The van der Waals surface area contributed by atoms with Crippen LogP contribution in [-0.2, 0) is 0 Å². The normalized spacial score (nSPS) is 57.0. The maximum atomic E-state index is 5.63. The van der Waals surface area contributed by atoms with E-state index in [0.717, 1.165) is 11.8 Å². The van der Waals surface area contributed by atoms with Crippen molar-refractivity contribution in [2.24, 2.45) is 17.6 Å². The van der Waals surface area contributed by atoms with E-state index in [4.69, 9.17) is 5.73 Å². The molecule has 7 heavy (non-hydrogen) atoms. The lowest BCUT2D eigenvalue weighted by atomic mass is 10.4. The third kappa shape index (κ3) is 0.359. The maximum absolute atomic E-state index is 5.63. The molecule has 0 aromatic heterocycles. The largest absolute Gasteiger partial charge is 0.327 e. The molecule has 40 valence electrons. The van der Waals surface area contributed by atoms with Crippen LogP contribution in [0.1, 0.15) is 0 Å². The van der Waals surface area contributed by atoms with E-state index < -0.39 is 0 Å². The highest BCUT2D eigenvalue weighted by atomic mass is 15.0. The zero-order chi connectivity index (χ0) is 4.85. The standard InChI is InChI=1S/C5H10N2/c6-5-3-1-7-2-4(3)5/h3-5,7H,1-2,6H2/t3-,4?,5-/m0/s1. The zero-order valence-electron chi connectivity index (χ0n) is 4.22. The van der Waals surface area contributed by atoms with Crippen LogP contribution < -0.4 is 11.1 Å². The van der Waals surface area contributed by atoms with Crippen molar-refractivity contribution >= 4 is 0 Å². The quantitative estimate of drug-likeness (QED) is 0.414. The van der Waals surface area contributed by atoms with E-state index in [1.165, 1.54) is 13.1 Å². The molecule has 1 saturated carbocycles. The summed E-state index contributed by atoms with van der Waals surface area (Å²) in [5.74, 6) is 1.69. The second-order valence-electron chi connectivity index (χ2n) is 2.56. The molecule has 3 N–H and O–H groups in total. The van der Waals surface area contributed by atoms with Gasteiger partial charge in [0.15, 0.2) is 0 Å². The predicted molar refractivity (Wildman–Crippen MR) is 27.8 cm³/mol. The number of piperidine rings is 1. The summed E-state index contributed by atoms with van der Waals surface area (Å²) in [6.07, 6.45) is 0. The first-order valence-electron chi connectivity index (χ1n) is 2.86. The highest BCUT2D eigenvalue weighted by Crippen LogP contribution is 2.39.